The van der Waals surface area contributed by atoms with Crippen LogP contribution in [0.3, 0.4) is 0 Å². The van der Waals surface area contributed by atoms with Crippen molar-refractivity contribution < 1.29 is 0 Å². The van der Waals surface area contributed by atoms with E-state index in [4.69, 9.17) is 0 Å². The molecule has 1 fully saturated rings. The van der Waals surface area contributed by atoms with Crippen LogP contribution < -0.4 is 5.32 Å². The van der Waals surface area contributed by atoms with Gasteiger partial charge in [0.05, 0.1) is 0 Å². The van der Waals surface area contributed by atoms with Crippen LogP contribution in [0.25, 0.3) is 0 Å². The average molecular weight is 205 g/mol. The van der Waals surface area contributed by atoms with Gasteiger partial charge in [-0.3, -0.25) is 0 Å². The van der Waals surface area contributed by atoms with Gasteiger partial charge in [-0.15, -0.1) is 0 Å². The second-order valence-electron chi connectivity index (χ2n) is 4.95. The van der Waals surface area contributed by atoms with Crippen molar-refractivity contribution in [3.8, 4) is 0 Å². The highest BCUT2D eigenvalue weighted by atomic mass is 15.1. The normalized spacial score (nSPS) is 25.3. The number of imidazole rings is 1. The number of fused-ring (bicyclic) bond motifs is 1. The van der Waals surface area contributed by atoms with E-state index < -0.39 is 0 Å². The molecule has 0 bridgehead atoms. The molecule has 2 aliphatic rings. The first kappa shape index (κ1) is 9.40. The van der Waals surface area contributed by atoms with Crippen molar-refractivity contribution in [1.29, 1.82) is 0 Å². The molecule has 1 aliphatic carbocycles. The van der Waals surface area contributed by atoms with Gasteiger partial charge in [0.2, 0.25) is 0 Å². The van der Waals surface area contributed by atoms with E-state index in [1.807, 2.05) is 7.05 Å². The van der Waals surface area contributed by atoms with Gasteiger partial charge >= 0.3 is 0 Å². The number of aryl methyl sites for hydroxylation is 1. The molecule has 3 nitrogen and oxygen atoms in total. The van der Waals surface area contributed by atoms with Gasteiger partial charge in [-0.2, -0.15) is 0 Å². The van der Waals surface area contributed by atoms with Gasteiger partial charge in [0.15, 0.2) is 0 Å². The summed E-state index contributed by atoms with van der Waals surface area (Å²) in [4.78, 5) is 4.60. The smallest absolute Gasteiger partial charge is 0.111 e. The molecule has 1 aromatic rings. The van der Waals surface area contributed by atoms with Gasteiger partial charge in [-0.05, 0) is 45.2 Å². The molecule has 1 aliphatic heterocycles. The fraction of sp³-hybridized carbons (Fsp3) is 0.750. The van der Waals surface area contributed by atoms with E-state index in [0.717, 1.165) is 18.4 Å². The summed E-state index contributed by atoms with van der Waals surface area (Å²) in [7, 11) is 2.05. The topological polar surface area (TPSA) is 29.9 Å². The summed E-state index contributed by atoms with van der Waals surface area (Å²) in [6.45, 7) is 2.32. The van der Waals surface area contributed by atoms with Gasteiger partial charge in [-0.1, -0.05) is 0 Å². The predicted octanol–water partition coefficient (Wildman–Crippen LogP) is 1.54. The Labute approximate surface area is 90.9 Å². The van der Waals surface area contributed by atoms with Gasteiger partial charge in [-0.25, -0.2) is 4.98 Å². The lowest BCUT2D eigenvalue weighted by atomic mass is 9.98. The van der Waals surface area contributed by atoms with Gasteiger partial charge < -0.3 is 9.88 Å². The molecule has 82 valence electrons. The number of rotatable bonds is 3. The molecule has 2 heterocycles. The number of hydrogen-bond donors (Lipinski definition) is 1. The quantitative estimate of drug-likeness (QED) is 0.811. The zero-order valence-electron chi connectivity index (χ0n) is 9.37. The molecule has 1 saturated carbocycles. The molecule has 0 spiro atoms. The van der Waals surface area contributed by atoms with Gasteiger partial charge in [0.25, 0.3) is 0 Å². The van der Waals surface area contributed by atoms with Gasteiger partial charge in [0.1, 0.15) is 5.82 Å². The molecular formula is C12H19N3. The van der Waals surface area contributed by atoms with Crippen LogP contribution in [-0.4, -0.2) is 23.1 Å². The molecular weight excluding hydrogens is 186 g/mol. The lowest BCUT2D eigenvalue weighted by Gasteiger charge is -2.25. The molecule has 0 radical (unpaired) electrons. The first-order chi connectivity index (χ1) is 7.38. The van der Waals surface area contributed by atoms with Crippen LogP contribution in [0.5, 0.6) is 0 Å². The van der Waals surface area contributed by atoms with Crippen LogP contribution in [0, 0.1) is 5.92 Å². The van der Waals surface area contributed by atoms with Crippen molar-refractivity contribution in [3.63, 3.8) is 0 Å². The number of aromatic nitrogens is 2. The molecule has 1 N–H and O–H groups in total. The predicted molar refractivity (Wildman–Crippen MR) is 59.9 cm³/mol. The molecule has 3 heteroatoms. The minimum Gasteiger partial charge on any atom is -0.332 e. The molecule has 3 rings (SSSR count). The molecule has 1 aromatic heterocycles. The summed E-state index contributed by atoms with van der Waals surface area (Å²) >= 11 is 0. The van der Waals surface area contributed by atoms with E-state index in [0.29, 0.717) is 0 Å². The number of hydrogen-bond acceptors (Lipinski definition) is 2. The molecule has 0 amide bonds. The van der Waals surface area contributed by atoms with Crippen molar-refractivity contribution in [2.45, 2.75) is 38.1 Å². The maximum atomic E-state index is 4.60. The molecule has 15 heavy (non-hydrogen) atoms. The second-order valence-corrected chi connectivity index (χ2v) is 4.95. The standard InChI is InChI=1S/C12H19N3/c1-13-6-9-2-5-11-7-14-12(10-3-4-10)15(11)8-9/h7,9-10,13H,2-6,8H2,1H3. The van der Waals surface area contributed by atoms with Crippen molar-refractivity contribution in [1.82, 2.24) is 14.9 Å². The Morgan fingerprint density at radius 2 is 2.33 bits per heavy atom. The van der Waals surface area contributed by atoms with Crippen molar-refractivity contribution in [3.05, 3.63) is 17.7 Å². The highest BCUT2D eigenvalue weighted by Crippen LogP contribution is 2.40. The van der Waals surface area contributed by atoms with Crippen molar-refractivity contribution >= 4 is 0 Å². The minimum absolute atomic E-state index is 0.784. The SMILES string of the molecule is CNCC1CCc2cnc(C3CC3)n2C1. The van der Waals surface area contributed by atoms with Crippen LogP contribution in [0.15, 0.2) is 6.20 Å². The summed E-state index contributed by atoms with van der Waals surface area (Å²) < 4.78 is 2.49. The fourth-order valence-corrected chi connectivity index (χ4v) is 2.66. The molecule has 1 atom stereocenters. The van der Waals surface area contributed by atoms with Gasteiger partial charge in [0, 0.05) is 24.4 Å². The maximum absolute atomic E-state index is 4.60. The highest BCUT2D eigenvalue weighted by Gasteiger charge is 2.31. The van der Waals surface area contributed by atoms with E-state index in [-0.39, 0.29) is 0 Å². The Balaban J connectivity index is 1.82. The number of nitrogens with zero attached hydrogens (tertiary/aromatic N) is 2. The lowest BCUT2D eigenvalue weighted by molar-refractivity contribution is 0.354. The first-order valence-electron chi connectivity index (χ1n) is 6.07. The Bertz CT molecular complexity index is 352. The van der Waals surface area contributed by atoms with Crippen molar-refractivity contribution in [2.24, 2.45) is 5.92 Å². The average Bonchev–Trinajstić information content (AvgIpc) is 3.00. The summed E-state index contributed by atoms with van der Waals surface area (Å²) in [5.74, 6) is 2.95. The molecule has 0 saturated heterocycles. The van der Waals surface area contributed by atoms with E-state index in [9.17, 15) is 0 Å². The molecule has 0 aromatic carbocycles. The maximum Gasteiger partial charge on any atom is 0.111 e. The third-order valence-corrected chi connectivity index (χ3v) is 3.65. The lowest BCUT2D eigenvalue weighted by Crippen LogP contribution is -2.28. The Hall–Kier alpha value is -0.830. The highest BCUT2D eigenvalue weighted by molar-refractivity contribution is 5.15. The van der Waals surface area contributed by atoms with Crippen LogP contribution in [0.1, 0.15) is 36.7 Å². The van der Waals surface area contributed by atoms with Crippen LogP contribution in [0.4, 0.5) is 0 Å². The third kappa shape index (κ3) is 1.69. The zero-order chi connectivity index (χ0) is 10.3. The minimum atomic E-state index is 0.784. The summed E-state index contributed by atoms with van der Waals surface area (Å²) in [5, 5.41) is 3.29. The van der Waals surface area contributed by atoms with Crippen LogP contribution >= 0.6 is 0 Å². The Morgan fingerprint density at radius 1 is 1.47 bits per heavy atom. The zero-order valence-corrected chi connectivity index (χ0v) is 9.37. The van der Waals surface area contributed by atoms with Crippen LogP contribution in [-0.2, 0) is 13.0 Å². The fourth-order valence-electron chi connectivity index (χ4n) is 2.66. The third-order valence-electron chi connectivity index (χ3n) is 3.65. The summed E-state index contributed by atoms with van der Waals surface area (Å²) in [5.41, 5.74) is 1.46. The Morgan fingerprint density at radius 3 is 3.07 bits per heavy atom. The largest absolute Gasteiger partial charge is 0.332 e. The Kier molecular flexibility index (Phi) is 2.28. The number of nitrogens with one attached hydrogen (secondary N) is 1. The van der Waals surface area contributed by atoms with E-state index >= 15 is 0 Å². The first-order valence-corrected chi connectivity index (χ1v) is 6.07. The monoisotopic (exact) mass is 205 g/mol. The molecule has 1 unspecified atom stereocenters. The van der Waals surface area contributed by atoms with Crippen LogP contribution in [0.2, 0.25) is 0 Å². The summed E-state index contributed by atoms with van der Waals surface area (Å²) in [6.07, 6.45) is 7.34. The summed E-state index contributed by atoms with van der Waals surface area (Å²) in [6, 6.07) is 0. The van der Waals surface area contributed by atoms with E-state index in [1.54, 1.807) is 0 Å². The van der Waals surface area contributed by atoms with E-state index in [1.165, 1.54) is 43.7 Å². The second kappa shape index (κ2) is 3.63. The van der Waals surface area contributed by atoms with Crippen molar-refractivity contribution in [2.75, 3.05) is 13.6 Å². The van der Waals surface area contributed by atoms with E-state index in [2.05, 4.69) is 21.1 Å².